The Morgan fingerprint density at radius 2 is 1.67 bits per heavy atom. The molecule has 0 saturated heterocycles. The molecule has 0 bridgehead atoms. The van der Waals surface area contributed by atoms with Gasteiger partial charge in [-0.05, 0) is 48.9 Å². The minimum absolute atomic E-state index is 0.262. The Bertz CT molecular complexity index is 931. The van der Waals surface area contributed by atoms with E-state index in [2.05, 4.69) is 10.6 Å². The number of hydrogen-bond donors (Lipinski definition) is 2. The van der Waals surface area contributed by atoms with Crippen LogP contribution < -0.4 is 15.4 Å². The first kappa shape index (κ1) is 20.0. The van der Waals surface area contributed by atoms with Gasteiger partial charge in [0.2, 0.25) is 0 Å². The SMILES string of the molecule is COC(=O)C1=C(c2ccccc2)NC(=O)NC1c1ccc(OC2CCCCC2)cc1. The molecule has 1 fully saturated rings. The maximum absolute atomic E-state index is 12.7. The van der Waals surface area contributed by atoms with Gasteiger partial charge in [0.1, 0.15) is 5.75 Å². The van der Waals surface area contributed by atoms with Crippen molar-refractivity contribution in [3.63, 3.8) is 0 Å². The van der Waals surface area contributed by atoms with Crippen LogP contribution in [0.3, 0.4) is 0 Å². The van der Waals surface area contributed by atoms with E-state index in [-0.39, 0.29) is 12.1 Å². The molecule has 1 atom stereocenters. The Kier molecular flexibility index (Phi) is 6.02. The van der Waals surface area contributed by atoms with Gasteiger partial charge in [-0.25, -0.2) is 9.59 Å². The lowest BCUT2D eigenvalue weighted by Gasteiger charge is -2.29. The van der Waals surface area contributed by atoms with Crippen molar-refractivity contribution in [1.29, 1.82) is 0 Å². The molecule has 1 aliphatic carbocycles. The van der Waals surface area contributed by atoms with E-state index >= 15 is 0 Å². The zero-order valence-electron chi connectivity index (χ0n) is 17.0. The smallest absolute Gasteiger partial charge is 0.338 e. The van der Waals surface area contributed by atoms with Gasteiger partial charge in [0.15, 0.2) is 0 Å². The van der Waals surface area contributed by atoms with E-state index in [0.717, 1.165) is 29.7 Å². The lowest BCUT2D eigenvalue weighted by atomic mass is 9.92. The summed E-state index contributed by atoms with van der Waals surface area (Å²) in [5.74, 6) is 0.312. The quantitative estimate of drug-likeness (QED) is 0.725. The Balaban J connectivity index is 1.65. The summed E-state index contributed by atoms with van der Waals surface area (Å²) in [6, 6.07) is 15.9. The van der Waals surface area contributed by atoms with E-state index in [1.54, 1.807) is 0 Å². The topological polar surface area (TPSA) is 76.7 Å². The summed E-state index contributed by atoms with van der Waals surface area (Å²) in [6.45, 7) is 0. The molecule has 0 spiro atoms. The van der Waals surface area contributed by atoms with Crippen LogP contribution in [-0.2, 0) is 9.53 Å². The Labute approximate surface area is 176 Å². The molecule has 2 aromatic rings. The molecule has 2 aromatic carbocycles. The van der Waals surface area contributed by atoms with Crippen molar-refractivity contribution in [3.8, 4) is 5.75 Å². The second-order valence-corrected chi connectivity index (χ2v) is 7.62. The number of nitrogens with one attached hydrogen (secondary N) is 2. The minimum atomic E-state index is -0.620. The normalized spacial score (nSPS) is 19.6. The molecule has 0 aromatic heterocycles. The zero-order chi connectivity index (χ0) is 20.9. The molecule has 2 N–H and O–H groups in total. The number of carbonyl (C=O) groups is 2. The first-order chi connectivity index (χ1) is 14.7. The fourth-order valence-corrected chi connectivity index (χ4v) is 4.09. The second-order valence-electron chi connectivity index (χ2n) is 7.62. The molecule has 1 heterocycles. The number of rotatable bonds is 5. The van der Waals surface area contributed by atoms with Crippen molar-refractivity contribution in [2.24, 2.45) is 0 Å². The standard InChI is InChI=1S/C24H26N2O4/c1-29-23(27)20-21(16-8-4-2-5-9-16)25-24(28)26-22(20)17-12-14-19(15-13-17)30-18-10-6-3-7-11-18/h2,4-5,8-9,12-15,18,22H,3,6-7,10-11H2,1H3,(H2,25,26,28). The van der Waals surface area contributed by atoms with Crippen molar-refractivity contribution in [1.82, 2.24) is 10.6 Å². The van der Waals surface area contributed by atoms with Gasteiger partial charge in [0.05, 0.1) is 30.5 Å². The van der Waals surface area contributed by atoms with Gasteiger partial charge >= 0.3 is 12.0 Å². The van der Waals surface area contributed by atoms with Crippen LogP contribution >= 0.6 is 0 Å². The highest BCUT2D eigenvalue weighted by Gasteiger charge is 2.34. The van der Waals surface area contributed by atoms with E-state index in [0.29, 0.717) is 11.3 Å². The summed E-state index contributed by atoms with van der Waals surface area (Å²) >= 11 is 0. The van der Waals surface area contributed by atoms with Crippen molar-refractivity contribution in [2.75, 3.05) is 7.11 Å². The summed E-state index contributed by atoms with van der Waals surface area (Å²) in [7, 11) is 1.34. The van der Waals surface area contributed by atoms with Crippen LogP contribution in [0.1, 0.15) is 49.3 Å². The summed E-state index contributed by atoms with van der Waals surface area (Å²) in [5.41, 5.74) is 2.35. The molecule has 156 valence electrons. The first-order valence-electron chi connectivity index (χ1n) is 10.4. The Hall–Kier alpha value is -3.28. The molecule has 2 aliphatic rings. The summed E-state index contributed by atoms with van der Waals surface area (Å²) < 4.78 is 11.1. The number of carbonyl (C=O) groups excluding carboxylic acids is 2. The lowest BCUT2D eigenvalue weighted by Crippen LogP contribution is -2.45. The molecule has 6 heteroatoms. The monoisotopic (exact) mass is 406 g/mol. The molecular weight excluding hydrogens is 380 g/mol. The molecule has 6 nitrogen and oxygen atoms in total. The van der Waals surface area contributed by atoms with Crippen LogP contribution in [0.25, 0.3) is 5.70 Å². The van der Waals surface area contributed by atoms with Crippen LogP contribution in [0, 0.1) is 0 Å². The number of hydrogen-bond acceptors (Lipinski definition) is 4. The maximum Gasteiger partial charge on any atom is 0.338 e. The maximum atomic E-state index is 12.7. The van der Waals surface area contributed by atoms with Gasteiger partial charge < -0.3 is 20.1 Å². The predicted molar refractivity (Wildman–Crippen MR) is 114 cm³/mol. The van der Waals surface area contributed by atoms with Gasteiger partial charge in [-0.3, -0.25) is 0 Å². The van der Waals surface area contributed by atoms with E-state index in [9.17, 15) is 9.59 Å². The average molecular weight is 406 g/mol. The molecule has 4 rings (SSSR count). The molecule has 1 aliphatic heterocycles. The Morgan fingerprint density at radius 1 is 0.967 bits per heavy atom. The fourth-order valence-electron chi connectivity index (χ4n) is 4.09. The largest absolute Gasteiger partial charge is 0.490 e. The van der Waals surface area contributed by atoms with Crippen LogP contribution in [0.5, 0.6) is 5.75 Å². The van der Waals surface area contributed by atoms with Gasteiger partial charge in [0.25, 0.3) is 0 Å². The third-order valence-corrected chi connectivity index (χ3v) is 5.61. The van der Waals surface area contributed by atoms with Crippen molar-refractivity contribution < 1.29 is 19.1 Å². The van der Waals surface area contributed by atoms with E-state index in [4.69, 9.17) is 9.47 Å². The summed E-state index contributed by atoms with van der Waals surface area (Å²) in [4.78, 5) is 25.1. The number of esters is 1. The van der Waals surface area contributed by atoms with Gasteiger partial charge in [0, 0.05) is 0 Å². The first-order valence-corrected chi connectivity index (χ1v) is 10.4. The Morgan fingerprint density at radius 3 is 2.33 bits per heavy atom. The molecule has 1 saturated carbocycles. The second kappa shape index (κ2) is 9.03. The lowest BCUT2D eigenvalue weighted by molar-refractivity contribution is -0.136. The van der Waals surface area contributed by atoms with Crippen molar-refractivity contribution in [2.45, 2.75) is 44.2 Å². The fraction of sp³-hybridized carbons (Fsp3) is 0.333. The third-order valence-electron chi connectivity index (χ3n) is 5.61. The number of urea groups is 1. The molecule has 30 heavy (non-hydrogen) atoms. The van der Waals surface area contributed by atoms with Crippen LogP contribution in [0.2, 0.25) is 0 Å². The van der Waals surface area contributed by atoms with E-state index in [1.165, 1.54) is 26.4 Å². The average Bonchev–Trinajstić information content (AvgIpc) is 2.80. The van der Waals surface area contributed by atoms with E-state index in [1.807, 2.05) is 54.6 Å². The third kappa shape index (κ3) is 4.32. The number of amides is 2. The highest BCUT2D eigenvalue weighted by Crippen LogP contribution is 2.33. The minimum Gasteiger partial charge on any atom is -0.490 e. The zero-order valence-corrected chi connectivity index (χ0v) is 17.0. The van der Waals surface area contributed by atoms with Crippen LogP contribution in [0.4, 0.5) is 4.79 Å². The van der Waals surface area contributed by atoms with Gasteiger partial charge in [-0.1, -0.05) is 48.9 Å². The molecule has 1 unspecified atom stereocenters. The van der Waals surface area contributed by atoms with Gasteiger partial charge in [-0.15, -0.1) is 0 Å². The van der Waals surface area contributed by atoms with Gasteiger partial charge in [-0.2, -0.15) is 0 Å². The highest BCUT2D eigenvalue weighted by molar-refractivity contribution is 6.04. The predicted octanol–water partition coefficient (Wildman–Crippen LogP) is 4.34. The highest BCUT2D eigenvalue weighted by atomic mass is 16.5. The molecule has 0 radical (unpaired) electrons. The summed E-state index contributed by atoms with van der Waals surface area (Å²) in [5, 5.41) is 5.62. The van der Waals surface area contributed by atoms with Crippen LogP contribution in [-0.4, -0.2) is 25.2 Å². The number of methoxy groups -OCH3 is 1. The van der Waals surface area contributed by atoms with Crippen molar-refractivity contribution in [3.05, 3.63) is 71.3 Å². The number of ether oxygens (including phenoxy) is 2. The molecule has 2 amide bonds. The van der Waals surface area contributed by atoms with E-state index < -0.39 is 12.0 Å². The summed E-state index contributed by atoms with van der Waals surface area (Å²) in [6.07, 6.45) is 6.13. The van der Waals surface area contributed by atoms with Crippen LogP contribution in [0.15, 0.2) is 60.2 Å². The van der Waals surface area contributed by atoms with Crippen molar-refractivity contribution >= 4 is 17.7 Å². The molecular formula is C24H26N2O4. The number of benzene rings is 2.